The summed E-state index contributed by atoms with van der Waals surface area (Å²) in [4.78, 5) is 46.7. The number of hydrogen-bond donors (Lipinski definition) is 1. The number of amides is 2. The first kappa shape index (κ1) is 20.5. The Morgan fingerprint density at radius 1 is 1.16 bits per heavy atom. The maximum Gasteiger partial charge on any atom is 0.277 e. The summed E-state index contributed by atoms with van der Waals surface area (Å²) in [5, 5.41) is 3.22. The fourth-order valence-electron chi connectivity index (χ4n) is 4.91. The SMILES string of the molecule is CC(=O)N1CCc2nc3cc([C@@H]4CCCCN4C(=O)c4ccccc4C)[nH]n3c(=O)c2C1. The molecule has 0 unspecified atom stereocenters. The van der Waals surface area contributed by atoms with Gasteiger partial charge in [0.15, 0.2) is 5.65 Å². The first-order chi connectivity index (χ1) is 15.4. The predicted octanol–water partition coefficient (Wildman–Crippen LogP) is 2.60. The van der Waals surface area contributed by atoms with Crippen LogP contribution in [0.4, 0.5) is 0 Å². The van der Waals surface area contributed by atoms with Gasteiger partial charge in [0.05, 0.1) is 29.5 Å². The molecule has 1 fully saturated rings. The van der Waals surface area contributed by atoms with E-state index in [9.17, 15) is 14.4 Å². The third-order valence-corrected chi connectivity index (χ3v) is 6.72. The van der Waals surface area contributed by atoms with Gasteiger partial charge in [-0.05, 0) is 37.8 Å². The van der Waals surface area contributed by atoms with Crippen LogP contribution in [-0.2, 0) is 17.8 Å². The van der Waals surface area contributed by atoms with Gasteiger partial charge in [-0.2, -0.15) is 0 Å². The molecule has 3 aromatic rings. The number of benzene rings is 1. The molecule has 0 saturated carbocycles. The van der Waals surface area contributed by atoms with Crippen LogP contribution in [0.3, 0.4) is 0 Å². The van der Waals surface area contributed by atoms with E-state index in [0.29, 0.717) is 36.3 Å². The first-order valence-corrected chi connectivity index (χ1v) is 11.2. The van der Waals surface area contributed by atoms with E-state index < -0.39 is 0 Å². The summed E-state index contributed by atoms with van der Waals surface area (Å²) in [6.45, 7) is 5.01. The van der Waals surface area contributed by atoms with Gasteiger partial charge >= 0.3 is 0 Å². The van der Waals surface area contributed by atoms with Crippen molar-refractivity contribution in [3.05, 3.63) is 68.8 Å². The van der Waals surface area contributed by atoms with Crippen molar-refractivity contribution in [2.75, 3.05) is 13.1 Å². The number of fused-ring (bicyclic) bond motifs is 2. The van der Waals surface area contributed by atoms with Gasteiger partial charge in [-0.25, -0.2) is 9.50 Å². The van der Waals surface area contributed by atoms with Crippen molar-refractivity contribution < 1.29 is 9.59 Å². The number of aryl methyl sites for hydroxylation is 1. The first-order valence-electron chi connectivity index (χ1n) is 11.2. The van der Waals surface area contributed by atoms with Gasteiger partial charge in [0.2, 0.25) is 5.91 Å². The molecule has 32 heavy (non-hydrogen) atoms. The van der Waals surface area contributed by atoms with Crippen LogP contribution in [0.2, 0.25) is 0 Å². The Bertz CT molecular complexity index is 1270. The highest BCUT2D eigenvalue weighted by atomic mass is 16.2. The third kappa shape index (κ3) is 3.39. The van der Waals surface area contributed by atoms with Crippen LogP contribution in [0.25, 0.3) is 5.65 Å². The second-order valence-electron chi connectivity index (χ2n) is 8.76. The summed E-state index contributed by atoms with van der Waals surface area (Å²) in [6, 6.07) is 9.41. The van der Waals surface area contributed by atoms with Crippen LogP contribution in [0.5, 0.6) is 0 Å². The number of nitrogens with one attached hydrogen (secondary N) is 1. The summed E-state index contributed by atoms with van der Waals surface area (Å²) >= 11 is 0. The Morgan fingerprint density at radius 3 is 2.75 bits per heavy atom. The van der Waals surface area contributed by atoms with Crippen LogP contribution >= 0.6 is 0 Å². The van der Waals surface area contributed by atoms with Gasteiger partial charge in [-0.1, -0.05) is 18.2 Å². The highest BCUT2D eigenvalue weighted by molar-refractivity contribution is 5.96. The second-order valence-corrected chi connectivity index (χ2v) is 8.76. The lowest BCUT2D eigenvalue weighted by Crippen LogP contribution is -2.39. The summed E-state index contributed by atoms with van der Waals surface area (Å²) in [7, 11) is 0. The van der Waals surface area contributed by atoms with Crippen molar-refractivity contribution in [3.8, 4) is 0 Å². The molecule has 2 aliphatic rings. The van der Waals surface area contributed by atoms with E-state index in [2.05, 4.69) is 5.10 Å². The fraction of sp³-hybridized carbons (Fsp3) is 0.417. The molecule has 1 atom stereocenters. The summed E-state index contributed by atoms with van der Waals surface area (Å²) in [6.07, 6.45) is 3.38. The normalized spacial score (nSPS) is 18.6. The smallest absolute Gasteiger partial charge is 0.277 e. The number of likely N-dealkylation sites (tertiary alicyclic amines) is 1. The molecule has 0 spiro atoms. The lowest BCUT2D eigenvalue weighted by molar-refractivity contribution is -0.129. The number of H-pyrrole nitrogens is 1. The largest absolute Gasteiger partial charge is 0.338 e. The number of carbonyl (C=O) groups excluding carboxylic acids is 2. The van der Waals surface area contributed by atoms with E-state index in [0.717, 1.165) is 36.2 Å². The average molecular weight is 434 g/mol. The maximum absolute atomic E-state index is 13.4. The molecule has 166 valence electrons. The molecule has 0 bridgehead atoms. The highest BCUT2D eigenvalue weighted by Gasteiger charge is 2.31. The van der Waals surface area contributed by atoms with E-state index in [1.807, 2.05) is 42.2 Å². The zero-order valence-electron chi connectivity index (χ0n) is 18.4. The molecule has 8 nitrogen and oxygen atoms in total. The quantitative estimate of drug-likeness (QED) is 0.673. The number of hydrogen-bond acceptors (Lipinski definition) is 4. The highest BCUT2D eigenvalue weighted by Crippen LogP contribution is 2.32. The van der Waals surface area contributed by atoms with Crippen molar-refractivity contribution in [1.29, 1.82) is 0 Å². The van der Waals surface area contributed by atoms with Gasteiger partial charge in [0.1, 0.15) is 0 Å². The Morgan fingerprint density at radius 2 is 1.97 bits per heavy atom. The van der Waals surface area contributed by atoms with Crippen molar-refractivity contribution in [1.82, 2.24) is 24.4 Å². The topological polar surface area (TPSA) is 90.8 Å². The molecule has 1 saturated heterocycles. The monoisotopic (exact) mass is 433 g/mol. The molecule has 5 rings (SSSR count). The van der Waals surface area contributed by atoms with Gasteiger partial charge < -0.3 is 9.80 Å². The molecule has 1 N–H and O–H groups in total. The van der Waals surface area contributed by atoms with Crippen molar-refractivity contribution in [2.45, 2.75) is 52.1 Å². The Labute approximate surface area is 185 Å². The van der Waals surface area contributed by atoms with Crippen LogP contribution in [0, 0.1) is 6.92 Å². The molecule has 8 heteroatoms. The van der Waals surface area contributed by atoms with E-state index in [1.54, 1.807) is 4.90 Å². The van der Waals surface area contributed by atoms with E-state index in [4.69, 9.17) is 4.98 Å². The Balaban J connectivity index is 1.53. The number of rotatable bonds is 2. The minimum Gasteiger partial charge on any atom is -0.338 e. The molecule has 2 aliphatic heterocycles. The zero-order valence-corrected chi connectivity index (χ0v) is 18.4. The van der Waals surface area contributed by atoms with Gasteiger partial charge in [0, 0.05) is 38.1 Å². The molecule has 0 aliphatic carbocycles. The zero-order chi connectivity index (χ0) is 22.4. The van der Waals surface area contributed by atoms with Gasteiger partial charge in [-0.15, -0.1) is 0 Å². The van der Waals surface area contributed by atoms with Gasteiger partial charge in [-0.3, -0.25) is 19.5 Å². The summed E-state index contributed by atoms with van der Waals surface area (Å²) in [5.41, 5.74) is 4.21. The standard InChI is InChI=1S/C24H27N5O3/c1-15-7-3-4-8-17(15)23(31)28-11-6-5-9-21(28)20-13-22-25-19-10-12-27(16(2)30)14-18(19)24(32)29(22)26-20/h3-4,7-8,13,21,26H,5-6,9-12,14H2,1-2H3/t21-/m0/s1. The number of nitrogens with zero attached hydrogens (tertiary/aromatic N) is 4. The van der Waals surface area contributed by atoms with Crippen LogP contribution in [0.1, 0.15) is 65.1 Å². The summed E-state index contributed by atoms with van der Waals surface area (Å²) < 4.78 is 1.46. The van der Waals surface area contributed by atoms with Crippen LogP contribution in [0.15, 0.2) is 35.1 Å². The third-order valence-electron chi connectivity index (χ3n) is 6.72. The Kier molecular flexibility index (Phi) is 5.07. The predicted molar refractivity (Wildman–Crippen MR) is 119 cm³/mol. The number of piperidine rings is 1. The maximum atomic E-state index is 13.4. The van der Waals surface area contributed by atoms with E-state index in [1.165, 1.54) is 11.4 Å². The lowest BCUT2D eigenvalue weighted by Gasteiger charge is -2.35. The fourth-order valence-corrected chi connectivity index (χ4v) is 4.91. The molecule has 0 radical (unpaired) electrons. The molecule has 2 aromatic heterocycles. The van der Waals surface area contributed by atoms with Crippen molar-refractivity contribution in [2.24, 2.45) is 0 Å². The minimum absolute atomic E-state index is 0.0168. The minimum atomic E-state index is -0.171. The number of aromatic nitrogens is 3. The molecule has 1 aromatic carbocycles. The van der Waals surface area contributed by atoms with Crippen LogP contribution in [-0.4, -0.2) is 49.3 Å². The molecule has 4 heterocycles. The second kappa shape index (κ2) is 7.93. The van der Waals surface area contributed by atoms with Crippen molar-refractivity contribution in [3.63, 3.8) is 0 Å². The van der Waals surface area contributed by atoms with Gasteiger partial charge in [0.25, 0.3) is 11.5 Å². The Hall–Kier alpha value is -3.42. The summed E-state index contributed by atoms with van der Waals surface area (Å²) in [5.74, 6) is -0.0250. The average Bonchev–Trinajstić information content (AvgIpc) is 3.23. The van der Waals surface area contributed by atoms with Crippen molar-refractivity contribution >= 4 is 17.5 Å². The van der Waals surface area contributed by atoms with Crippen LogP contribution < -0.4 is 5.56 Å². The number of aromatic amines is 1. The van der Waals surface area contributed by atoms with E-state index in [-0.39, 0.29) is 30.0 Å². The number of carbonyl (C=O) groups is 2. The van der Waals surface area contributed by atoms with E-state index >= 15 is 0 Å². The lowest BCUT2D eigenvalue weighted by atomic mass is 9.97. The molecular formula is C24H27N5O3. The molecule has 2 amide bonds. The molecular weight excluding hydrogens is 406 g/mol.